The number of nitrogens with zero attached hydrogens (tertiary/aromatic N) is 1. The van der Waals surface area contributed by atoms with Crippen LogP contribution in [0.5, 0.6) is 5.95 Å². The van der Waals surface area contributed by atoms with Gasteiger partial charge in [-0.3, -0.25) is 9.59 Å². The van der Waals surface area contributed by atoms with Crippen molar-refractivity contribution in [3.63, 3.8) is 0 Å². The van der Waals surface area contributed by atoms with Gasteiger partial charge in [-0.2, -0.15) is 0 Å². The summed E-state index contributed by atoms with van der Waals surface area (Å²) in [4.78, 5) is 27.0. The van der Waals surface area contributed by atoms with E-state index >= 15 is 0 Å². The van der Waals surface area contributed by atoms with Gasteiger partial charge < -0.3 is 14.1 Å². The predicted molar refractivity (Wildman–Crippen MR) is 112 cm³/mol. The maximum absolute atomic E-state index is 13.0. The van der Waals surface area contributed by atoms with E-state index in [1.807, 2.05) is 6.07 Å². The lowest BCUT2D eigenvalue weighted by Crippen LogP contribution is -2.37. The first kappa shape index (κ1) is 20.3. The molecule has 5 nitrogen and oxygen atoms in total. The molecule has 1 fully saturated rings. The van der Waals surface area contributed by atoms with Crippen LogP contribution in [0.2, 0.25) is 0 Å². The summed E-state index contributed by atoms with van der Waals surface area (Å²) in [5, 5.41) is 0.544. The monoisotopic (exact) mass is 409 g/mol. The van der Waals surface area contributed by atoms with Gasteiger partial charge in [-0.1, -0.05) is 12.1 Å². The molecule has 1 saturated heterocycles. The Hall–Kier alpha value is -2.99. The van der Waals surface area contributed by atoms with Crippen molar-refractivity contribution in [3.8, 4) is 5.95 Å². The van der Waals surface area contributed by atoms with Gasteiger partial charge in [0.25, 0.3) is 5.95 Å². The van der Waals surface area contributed by atoms with Crippen LogP contribution in [0.4, 0.5) is 4.39 Å². The highest BCUT2D eigenvalue weighted by Crippen LogP contribution is 2.22. The third-order valence-corrected chi connectivity index (χ3v) is 5.56. The van der Waals surface area contributed by atoms with E-state index in [2.05, 4.69) is 4.90 Å². The van der Waals surface area contributed by atoms with Crippen LogP contribution in [0.25, 0.3) is 11.0 Å². The van der Waals surface area contributed by atoms with Gasteiger partial charge in [0.1, 0.15) is 11.4 Å². The first-order valence-corrected chi connectivity index (χ1v) is 10.3. The van der Waals surface area contributed by atoms with Crippen LogP contribution < -0.4 is 10.2 Å². The average molecular weight is 409 g/mol. The number of para-hydroxylation sites is 1. The summed E-state index contributed by atoms with van der Waals surface area (Å²) in [7, 11) is 0. The summed E-state index contributed by atoms with van der Waals surface area (Å²) in [5.74, 6) is 0.00742. The fourth-order valence-corrected chi connectivity index (χ4v) is 3.88. The SMILES string of the molecule is O=C(c1ccc(F)cc1)C1CCN(CCCOc2cc(=O)c3ccccc3o2)CC1. The van der Waals surface area contributed by atoms with Crippen LogP contribution in [0, 0.1) is 11.7 Å². The standard InChI is InChI=1S/C24H24FNO4/c25-19-8-6-17(7-9-19)24(28)18-10-13-26(14-11-18)12-3-15-29-23-16-21(27)20-4-1-2-5-22(20)30-23/h1-2,4-9,16,18H,3,10-15H2. The van der Waals surface area contributed by atoms with Crippen molar-refractivity contribution in [3.05, 3.63) is 76.2 Å². The van der Waals surface area contributed by atoms with Crippen molar-refractivity contribution in [2.24, 2.45) is 5.92 Å². The van der Waals surface area contributed by atoms with Crippen LogP contribution in [0.1, 0.15) is 29.6 Å². The lowest BCUT2D eigenvalue weighted by Gasteiger charge is -2.31. The summed E-state index contributed by atoms with van der Waals surface area (Å²) >= 11 is 0. The fourth-order valence-electron chi connectivity index (χ4n) is 3.88. The number of rotatable bonds is 7. The molecule has 6 heteroatoms. The van der Waals surface area contributed by atoms with Crippen molar-refractivity contribution in [1.82, 2.24) is 4.90 Å². The Morgan fingerprint density at radius 3 is 2.60 bits per heavy atom. The second-order valence-electron chi connectivity index (χ2n) is 7.61. The van der Waals surface area contributed by atoms with E-state index in [-0.39, 0.29) is 28.9 Å². The van der Waals surface area contributed by atoms with Crippen LogP contribution >= 0.6 is 0 Å². The summed E-state index contributed by atoms with van der Waals surface area (Å²) in [5.41, 5.74) is 0.993. The normalized spacial score (nSPS) is 15.4. The number of benzene rings is 2. The second-order valence-corrected chi connectivity index (χ2v) is 7.61. The van der Waals surface area contributed by atoms with Gasteiger partial charge in [-0.25, -0.2) is 4.39 Å². The Labute approximate surface area is 174 Å². The molecular weight excluding hydrogens is 385 g/mol. The molecule has 0 radical (unpaired) electrons. The van der Waals surface area contributed by atoms with Crippen LogP contribution in [-0.2, 0) is 0 Å². The fraction of sp³-hybridized carbons (Fsp3) is 0.333. The van der Waals surface area contributed by atoms with E-state index in [0.717, 1.165) is 38.9 Å². The van der Waals surface area contributed by atoms with Crippen molar-refractivity contribution < 1.29 is 18.3 Å². The zero-order chi connectivity index (χ0) is 20.9. The van der Waals surface area contributed by atoms with Crippen molar-refractivity contribution in [2.45, 2.75) is 19.3 Å². The zero-order valence-corrected chi connectivity index (χ0v) is 16.7. The third-order valence-electron chi connectivity index (χ3n) is 5.56. The molecule has 3 aromatic rings. The molecule has 1 aromatic heterocycles. The number of hydrogen-bond acceptors (Lipinski definition) is 5. The number of halogens is 1. The topological polar surface area (TPSA) is 59.8 Å². The number of Topliss-reactive ketones (excluding diaryl/α,β-unsaturated/α-hetero) is 1. The second kappa shape index (κ2) is 9.22. The highest BCUT2D eigenvalue weighted by molar-refractivity contribution is 5.97. The first-order valence-electron chi connectivity index (χ1n) is 10.3. The first-order chi connectivity index (χ1) is 14.6. The maximum Gasteiger partial charge on any atom is 0.288 e. The van der Waals surface area contributed by atoms with Crippen LogP contribution in [0.3, 0.4) is 0 Å². The highest BCUT2D eigenvalue weighted by atomic mass is 19.1. The molecule has 0 amide bonds. The van der Waals surface area contributed by atoms with E-state index < -0.39 is 0 Å². The lowest BCUT2D eigenvalue weighted by atomic mass is 9.89. The van der Waals surface area contributed by atoms with Gasteiger partial charge in [0, 0.05) is 18.0 Å². The van der Waals surface area contributed by atoms with Crippen LogP contribution in [-0.4, -0.2) is 36.9 Å². The maximum atomic E-state index is 13.0. The number of fused-ring (bicyclic) bond motifs is 1. The van der Waals surface area contributed by atoms with Gasteiger partial charge in [0.15, 0.2) is 11.2 Å². The van der Waals surface area contributed by atoms with Gasteiger partial charge in [-0.15, -0.1) is 0 Å². The molecule has 2 heterocycles. The highest BCUT2D eigenvalue weighted by Gasteiger charge is 2.25. The molecule has 0 spiro atoms. The minimum atomic E-state index is -0.327. The summed E-state index contributed by atoms with van der Waals surface area (Å²) in [6.45, 7) is 3.01. The van der Waals surface area contributed by atoms with Gasteiger partial charge in [-0.05, 0) is 68.8 Å². The van der Waals surface area contributed by atoms with Gasteiger partial charge >= 0.3 is 0 Å². The van der Waals surface area contributed by atoms with E-state index in [4.69, 9.17) is 9.15 Å². The number of carbonyl (C=O) groups is 1. The lowest BCUT2D eigenvalue weighted by molar-refractivity contribution is 0.0834. The average Bonchev–Trinajstić information content (AvgIpc) is 2.77. The number of piperidine rings is 1. The summed E-state index contributed by atoms with van der Waals surface area (Å²) < 4.78 is 24.3. The van der Waals surface area contributed by atoms with Crippen molar-refractivity contribution in [1.29, 1.82) is 0 Å². The van der Waals surface area contributed by atoms with Crippen LogP contribution in [0.15, 0.2) is 63.8 Å². The number of hydrogen-bond donors (Lipinski definition) is 0. The number of ketones is 1. The van der Waals surface area contributed by atoms with E-state index in [0.29, 0.717) is 23.1 Å². The molecule has 1 aliphatic rings. The molecule has 0 bridgehead atoms. The number of carbonyl (C=O) groups excluding carboxylic acids is 1. The Kier molecular flexibility index (Phi) is 6.23. The van der Waals surface area contributed by atoms with E-state index in [1.165, 1.54) is 18.2 Å². The number of ether oxygens (including phenoxy) is 1. The van der Waals surface area contributed by atoms with E-state index in [1.54, 1.807) is 30.3 Å². The summed E-state index contributed by atoms with van der Waals surface area (Å²) in [6, 6.07) is 14.3. The van der Waals surface area contributed by atoms with Crippen molar-refractivity contribution >= 4 is 16.8 Å². The Morgan fingerprint density at radius 2 is 1.83 bits per heavy atom. The van der Waals surface area contributed by atoms with Gasteiger partial charge in [0.05, 0.1) is 18.1 Å². The molecule has 4 rings (SSSR count). The molecule has 1 aliphatic heterocycles. The minimum absolute atomic E-state index is 0.00478. The molecule has 156 valence electrons. The molecular formula is C24H24FNO4. The Bertz CT molecular complexity index is 1070. The smallest absolute Gasteiger partial charge is 0.288 e. The Morgan fingerprint density at radius 1 is 1.10 bits per heavy atom. The van der Waals surface area contributed by atoms with Gasteiger partial charge in [0.2, 0.25) is 0 Å². The largest absolute Gasteiger partial charge is 0.465 e. The Balaban J connectivity index is 1.21. The molecule has 30 heavy (non-hydrogen) atoms. The van der Waals surface area contributed by atoms with Crippen molar-refractivity contribution in [2.75, 3.05) is 26.2 Å². The number of likely N-dealkylation sites (tertiary alicyclic amines) is 1. The van der Waals surface area contributed by atoms with E-state index in [9.17, 15) is 14.0 Å². The molecule has 0 aliphatic carbocycles. The molecule has 0 N–H and O–H groups in total. The third kappa shape index (κ3) is 4.76. The predicted octanol–water partition coefficient (Wildman–Crippen LogP) is 4.30. The molecule has 2 aromatic carbocycles. The summed E-state index contributed by atoms with van der Waals surface area (Å²) in [6.07, 6.45) is 2.40. The molecule has 0 atom stereocenters. The quantitative estimate of drug-likeness (QED) is 0.430. The molecule has 0 unspecified atom stereocenters. The molecule has 0 saturated carbocycles. The minimum Gasteiger partial charge on any atom is -0.465 e. The zero-order valence-electron chi connectivity index (χ0n) is 16.7.